The first kappa shape index (κ1) is 14.2. The summed E-state index contributed by atoms with van der Waals surface area (Å²) in [4.78, 5) is 8.56. The number of aryl methyl sites for hydroxylation is 2. The van der Waals surface area contributed by atoms with E-state index in [1.165, 1.54) is 0 Å². The van der Waals surface area contributed by atoms with E-state index in [0.29, 0.717) is 16.9 Å². The Bertz CT molecular complexity index is 371. The first-order valence-corrected chi connectivity index (χ1v) is 6.28. The average Bonchev–Trinajstić information content (AvgIpc) is 2.30. The molecule has 96 valence electrons. The van der Waals surface area contributed by atoms with Gasteiger partial charge in [-0.1, -0.05) is 18.5 Å². The zero-order chi connectivity index (χ0) is 12.8. The van der Waals surface area contributed by atoms with E-state index in [0.717, 1.165) is 30.8 Å². The molecule has 5 heteroatoms. The molecule has 4 nitrogen and oxygen atoms in total. The van der Waals surface area contributed by atoms with Gasteiger partial charge in [0.25, 0.3) is 0 Å². The Kier molecular flexibility index (Phi) is 5.65. The van der Waals surface area contributed by atoms with E-state index in [9.17, 15) is 0 Å². The third kappa shape index (κ3) is 4.48. The SMILES string of the molecule is Cc1nc(Cl)c(NCCCC(C)CO)nc1C. The van der Waals surface area contributed by atoms with Crippen LogP contribution in [-0.4, -0.2) is 28.2 Å². The number of nitrogens with zero attached hydrogens (tertiary/aromatic N) is 2. The Hall–Kier alpha value is -0.870. The second-order valence-electron chi connectivity index (χ2n) is 4.39. The molecule has 1 rings (SSSR count). The molecule has 0 fully saturated rings. The van der Waals surface area contributed by atoms with Crippen molar-refractivity contribution in [1.82, 2.24) is 9.97 Å². The average molecular weight is 258 g/mol. The highest BCUT2D eigenvalue weighted by atomic mass is 35.5. The third-order valence-corrected chi connectivity index (χ3v) is 3.01. The third-order valence-electron chi connectivity index (χ3n) is 2.74. The lowest BCUT2D eigenvalue weighted by atomic mass is 10.1. The van der Waals surface area contributed by atoms with Gasteiger partial charge in [-0.3, -0.25) is 0 Å². The minimum absolute atomic E-state index is 0.240. The number of aliphatic hydroxyl groups is 1. The van der Waals surface area contributed by atoms with Gasteiger partial charge < -0.3 is 10.4 Å². The topological polar surface area (TPSA) is 58.0 Å². The lowest BCUT2D eigenvalue weighted by Crippen LogP contribution is -2.09. The van der Waals surface area contributed by atoms with Crippen molar-refractivity contribution in [3.8, 4) is 0 Å². The predicted molar refractivity (Wildman–Crippen MR) is 70.5 cm³/mol. The molecule has 0 radical (unpaired) electrons. The standard InChI is InChI=1S/C12H20ClN3O/c1-8(7-17)5-4-6-14-12-11(13)15-9(2)10(3)16-12/h8,17H,4-7H2,1-3H3,(H,14,16). The van der Waals surface area contributed by atoms with E-state index < -0.39 is 0 Å². The van der Waals surface area contributed by atoms with Crippen LogP contribution in [0, 0.1) is 19.8 Å². The molecule has 0 aliphatic heterocycles. The van der Waals surface area contributed by atoms with Crippen LogP contribution in [0.4, 0.5) is 5.82 Å². The van der Waals surface area contributed by atoms with Gasteiger partial charge in [-0.05, 0) is 32.6 Å². The molecule has 0 spiro atoms. The van der Waals surface area contributed by atoms with Crippen molar-refractivity contribution in [1.29, 1.82) is 0 Å². The highest BCUT2D eigenvalue weighted by Gasteiger charge is 2.06. The second kappa shape index (κ2) is 6.77. The van der Waals surface area contributed by atoms with Crippen molar-refractivity contribution in [3.63, 3.8) is 0 Å². The first-order chi connectivity index (χ1) is 8.04. The Morgan fingerprint density at radius 3 is 2.59 bits per heavy atom. The molecular weight excluding hydrogens is 238 g/mol. The van der Waals surface area contributed by atoms with Gasteiger partial charge in [-0.25, -0.2) is 9.97 Å². The summed E-state index contributed by atoms with van der Waals surface area (Å²) in [7, 11) is 0. The zero-order valence-electron chi connectivity index (χ0n) is 10.6. The highest BCUT2D eigenvalue weighted by molar-refractivity contribution is 6.31. The van der Waals surface area contributed by atoms with Crippen LogP contribution in [0.1, 0.15) is 31.2 Å². The summed E-state index contributed by atoms with van der Waals surface area (Å²) in [5.41, 5.74) is 1.75. The van der Waals surface area contributed by atoms with Crippen molar-refractivity contribution in [2.45, 2.75) is 33.6 Å². The van der Waals surface area contributed by atoms with Crippen LogP contribution >= 0.6 is 11.6 Å². The number of rotatable bonds is 6. The van der Waals surface area contributed by atoms with Gasteiger partial charge in [0, 0.05) is 13.2 Å². The van der Waals surface area contributed by atoms with Gasteiger partial charge in [0.2, 0.25) is 0 Å². The van der Waals surface area contributed by atoms with Crippen LogP contribution < -0.4 is 5.32 Å². The number of aromatic nitrogens is 2. The largest absolute Gasteiger partial charge is 0.396 e. The molecule has 0 aliphatic carbocycles. The molecule has 0 amide bonds. The molecule has 0 saturated carbocycles. The van der Waals surface area contributed by atoms with E-state index in [-0.39, 0.29) is 6.61 Å². The van der Waals surface area contributed by atoms with Gasteiger partial charge in [0.15, 0.2) is 11.0 Å². The molecule has 0 aromatic carbocycles. The molecule has 1 heterocycles. The highest BCUT2D eigenvalue weighted by Crippen LogP contribution is 2.18. The Balaban J connectivity index is 2.44. The van der Waals surface area contributed by atoms with Gasteiger partial charge >= 0.3 is 0 Å². The lowest BCUT2D eigenvalue weighted by molar-refractivity contribution is 0.229. The molecule has 2 N–H and O–H groups in total. The van der Waals surface area contributed by atoms with Crippen LogP contribution in [0.2, 0.25) is 5.15 Å². The van der Waals surface area contributed by atoms with Crippen LogP contribution in [0.15, 0.2) is 0 Å². The first-order valence-electron chi connectivity index (χ1n) is 5.90. The zero-order valence-corrected chi connectivity index (χ0v) is 11.4. The summed E-state index contributed by atoms with van der Waals surface area (Å²) < 4.78 is 0. The molecule has 1 aromatic rings. The number of nitrogens with one attached hydrogen (secondary N) is 1. The normalized spacial score (nSPS) is 12.5. The Labute approximate surface area is 107 Å². The number of hydrogen-bond acceptors (Lipinski definition) is 4. The maximum Gasteiger partial charge on any atom is 0.171 e. The van der Waals surface area contributed by atoms with Crippen LogP contribution in [0.3, 0.4) is 0 Å². The summed E-state index contributed by atoms with van der Waals surface area (Å²) in [5, 5.41) is 12.5. The van der Waals surface area contributed by atoms with Gasteiger partial charge in [0.05, 0.1) is 11.4 Å². The fourth-order valence-electron chi connectivity index (χ4n) is 1.44. The summed E-state index contributed by atoms with van der Waals surface area (Å²) in [6.07, 6.45) is 1.96. The summed E-state index contributed by atoms with van der Waals surface area (Å²) in [6.45, 7) is 6.87. The number of anilines is 1. The minimum atomic E-state index is 0.240. The van der Waals surface area contributed by atoms with E-state index in [1.54, 1.807) is 0 Å². The van der Waals surface area contributed by atoms with E-state index in [4.69, 9.17) is 16.7 Å². The van der Waals surface area contributed by atoms with E-state index in [1.807, 2.05) is 20.8 Å². The summed E-state index contributed by atoms with van der Waals surface area (Å²) in [6, 6.07) is 0. The Morgan fingerprint density at radius 1 is 1.29 bits per heavy atom. The second-order valence-corrected chi connectivity index (χ2v) is 4.75. The van der Waals surface area contributed by atoms with E-state index in [2.05, 4.69) is 15.3 Å². The number of hydrogen-bond donors (Lipinski definition) is 2. The smallest absolute Gasteiger partial charge is 0.171 e. The van der Waals surface area contributed by atoms with Crippen molar-refractivity contribution in [2.75, 3.05) is 18.5 Å². The fraction of sp³-hybridized carbons (Fsp3) is 0.667. The molecule has 1 unspecified atom stereocenters. The van der Waals surface area contributed by atoms with Crippen LogP contribution in [0.5, 0.6) is 0 Å². The lowest BCUT2D eigenvalue weighted by Gasteiger charge is -2.10. The molecule has 1 aromatic heterocycles. The summed E-state index contributed by atoms with van der Waals surface area (Å²) >= 11 is 5.99. The van der Waals surface area contributed by atoms with E-state index >= 15 is 0 Å². The molecule has 1 atom stereocenters. The van der Waals surface area contributed by atoms with Crippen molar-refractivity contribution < 1.29 is 5.11 Å². The molecule has 0 saturated heterocycles. The number of halogens is 1. The van der Waals surface area contributed by atoms with Crippen molar-refractivity contribution >= 4 is 17.4 Å². The molecule has 0 aliphatic rings. The monoisotopic (exact) mass is 257 g/mol. The van der Waals surface area contributed by atoms with Gasteiger partial charge in [-0.2, -0.15) is 0 Å². The fourth-order valence-corrected chi connectivity index (χ4v) is 1.67. The molecule has 0 bridgehead atoms. The van der Waals surface area contributed by atoms with Crippen LogP contribution in [-0.2, 0) is 0 Å². The minimum Gasteiger partial charge on any atom is -0.396 e. The van der Waals surface area contributed by atoms with Gasteiger partial charge in [-0.15, -0.1) is 0 Å². The predicted octanol–water partition coefficient (Wildman–Crippen LogP) is 2.57. The van der Waals surface area contributed by atoms with Crippen LogP contribution in [0.25, 0.3) is 0 Å². The van der Waals surface area contributed by atoms with Gasteiger partial charge in [0.1, 0.15) is 0 Å². The molecular formula is C12H20ClN3O. The van der Waals surface area contributed by atoms with Crippen molar-refractivity contribution in [3.05, 3.63) is 16.5 Å². The quantitative estimate of drug-likeness (QED) is 0.769. The molecule has 17 heavy (non-hydrogen) atoms. The van der Waals surface area contributed by atoms with Crippen molar-refractivity contribution in [2.24, 2.45) is 5.92 Å². The number of aliphatic hydroxyl groups excluding tert-OH is 1. The summed E-state index contributed by atoms with van der Waals surface area (Å²) in [5.74, 6) is 0.990. The Morgan fingerprint density at radius 2 is 1.94 bits per heavy atom. The maximum absolute atomic E-state index is 8.90. The maximum atomic E-state index is 8.90.